The topological polar surface area (TPSA) is 52.1 Å². The zero-order chi connectivity index (χ0) is 20.9. The summed E-state index contributed by atoms with van der Waals surface area (Å²) in [7, 11) is 1.84. The molecule has 2 saturated heterocycles. The fourth-order valence-corrected chi connectivity index (χ4v) is 4.34. The van der Waals surface area contributed by atoms with Crippen molar-refractivity contribution in [2.24, 2.45) is 4.99 Å². The highest BCUT2D eigenvalue weighted by Gasteiger charge is 2.19. The minimum Gasteiger partial charge on any atom is -0.378 e. The Morgan fingerprint density at radius 1 is 0.968 bits per heavy atom. The zero-order valence-corrected chi connectivity index (χ0v) is 21.6. The third kappa shape index (κ3) is 10.5. The number of aliphatic imine (C=N–C) groups is 1. The molecule has 6 nitrogen and oxygen atoms in total. The summed E-state index contributed by atoms with van der Waals surface area (Å²) >= 11 is 0. The van der Waals surface area contributed by atoms with Crippen molar-refractivity contribution < 1.29 is 4.74 Å². The highest BCUT2D eigenvalue weighted by Crippen LogP contribution is 2.16. The molecule has 2 N–H and O–H groups in total. The van der Waals surface area contributed by atoms with Crippen LogP contribution in [-0.2, 0) is 11.3 Å². The van der Waals surface area contributed by atoms with Gasteiger partial charge in [0.15, 0.2) is 5.96 Å². The average Bonchev–Trinajstić information content (AvgIpc) is 2.80. The largest absolute Gasteiger partial charge is 0.378 e. The van der Waals surface area contributed by atoms with Gasteiger partial charge in [0.2, 0.25) is 0 Å². The molecule has 0 amide bonds. The van der Waals surface area contributed by atoms with Gasteiger partial charge in [0, 0.05) is 52.9 Å². The molecule has 0 spiro atoms. The summed E-state index contributed by atoms with van der Waals surface area (Å²) in [5, 5.41) is 6.84. The smallest absolute Gasteiger partial charge is 0.191 e. The predicted molar refractivity (Wildman–Crippen MR) is 140 cm³/mol. The van der Waals surface area contributed by atoms with Crippen LogP contribution in [0.2, 0.25) is 0 Å². The average molecular weight is 544 g/mol. The Bertz CT molecular complexity index is 601. The van der Waals surface area contributed by atoms with E-state index in [0.29, 0.717) is 6.10 Å². The monoisotopic (exact) mass is 543 g/mol. The van der Waals surface area contributed by atoms with E-state index in [2.05, 4.69) is 55.8 Å². The predicted octanol–water partition coefficient (Wildman–Crippen LogP) is 3.33. The van der Waals surface area contributed by atoms with E-state index in [9.17, 15) is 0 Å². The van der Waals surface area contributed by atoms with Gasteiger partial charge in [0.05, 0.1) is 6.10 Å². The lowest BCUT2D eigenvalue weighted by atomic mass is 10.1. The van der Waals surface area contributed by atoms with Crippen LogP contribution >= 0.6 is 24.0 Å². The van der Waals surface area contributed by atoms with Gasteiger partial charge in [0.1, 0.15) is 0 Å². The van der Waals surface area contributed by atoms with Crippen molar-refractivity contribution in [3.05, 3.63) is 35.9 Å². The van der Waals surface area contributed by atoms with Gasteiger partial charge < -0.3 is 20.3 Å². The molecular weight excluding hydrogens is 501 g/mol. The lowest BCUT2D eigenvalue weighted by Crippen LogP contribution is -2.43. The highest BCUT2D eigenvalue weighted by atomic mass is 127. The van der Waals surface area contributed by atoms with Crippen molar-refractivity contribution in [1.82, 2.24) is 20.4 Å². The van der Waals surface area contributed by atoms with Gasteiger partial charge in [0.25, 0.3) is 0 Å². The van der Waals surface area contributed by atoms with Crippen LogP contribution in [0.5, 0.6) is 0 Å². The molecule has 7 heteroatoms. The van der Waals surface area contributed by atoms with Crippen LogP contribution in [0, 0.1) is 0 Å². The molecule has 0 radical (unpaired) electrons. The quantitative estimate of drug-likeness (QED) is 0.205. The number of hydrogen-bond acceptors (Lipinski definition) is 4. The number of nitrogens with one attached hydrogen (secondary N) is 2. The fraction of sp³-hybridized carbons (Fsp3) is 0.708. The molecule has 176 valence electrons. The summed E-state index contributed by atoms with van der Waals surface area (Å²) in [5.74, 6) is 0.904. The maximum absolute atomic E-state index is 6.12. The first-order chi connectivity index (χ1) is 14.8. The molecule has 0 saturated carbocycles. The van der Waals surface area contributed by atoms with Crippen LogP contribution in [0.1, 0.15) is 44.1 Å². The molecule has 2 fully saturated rings. The number of rotatable bonds is 10. The van der Waals surface area contributed by atoms with E-state index in [-0.39, 0.29) is 24.0 Å². The van der Waals surface area contributed by atoms with Gasteiger partial charge in [-0.1, -0.05) is 36.8 Å². The first kappa shape index (κ1) is 26.4. The molecule has 31 heavy (non-hydrogen) atoms. The molecule has 1 aromatic rings. The Morgan fingerprint density at radius 2 is 1.68 bits per heavy atom. The first-order valence-corrected chi connectivity index (χ1v) is 11.9. The van der Waals surface area contributed by atoms with E-state index < -0.39 is 0 Å². The Kier molecular flexibility index (Phi) is 13.5. The van der Waals surface area contributed by atoms with E-state index in [4.69, 9.17) is 4.74 Å². The van der Waals surface area contributed by atoms with E-state index in [1.54, 1.807) is 0 Å². The first-order valence-electron chi connectivity index (χ1n) is 11.9. The summed E-state index contributed by atoms with van der Waals surface area (Å²) in [5.41, 5.74) is 1.40. The number of hydrogen-bond donors (Lipinski definition) is 2. The molecular formula is C24H42IN5O. The van der Waals surface area contributed by atoms with E-state index in [1.165, 1.54) is 37.9 Å². The summed E-state index contributed by atoms with van der Waals surface area (Å²) in [6.45, 7) is 9.59. The molecule has 1 aromatic carbocycles. The van der Waals surface area contributed by atoms with Crippen LogP contribution in [0.3, 0.4) is 0 Å². The van der Waals surface area contributed by atoms with E-state index in [1.807, 2.05) is 7.05 Å². The number of halogens is 1. The second kappa shape index (κ2) is 15.8. The molecule has 0 aliphatic carbocycles. The third-order valence-electron chi connectivity index (χ3n) is 6.14. The lowest BCUT2D eigenvalue weighted by Gasteiger charge is -2.32. The second-order valence-electron chi connectivity index (χ2n) is 8.51. The van der Waals surface area contributed by atoms with Crippen LogP contribution in [0.25, 0.3) is 0 Å². The molecule has 2 heterocycles. The van der Waals surface area contributed by atoms with Gasteiger partial charge in [-0.05, 0) is 50.8 Å². The summed E-state index contributed by atoms with van der Waals surface area (Å²) in [6, 6.07) is 10.8. The van der Waals surface area contributed by atoms with E-state index >= 15 is 0 Å². The van der Waals surface area contributed by atoms with Crippen molar-refractivity contribution in [1.29, 1.82) is 0 Å². The van der Waals surface area contributed by atoms with E-state index in [0.717, 1.165) is 71.1 Å². The van der Waals surface area contributed by atoms with Gasteiger partial charge in [-0.15, -0.1) is 24.0 Å². The number of guanidine groups is 1. The molecule has 0 unspecified atom stereocenters. The SMILES string of the molecule is CN=C(NCCCOC1CCN(Cc2ccccc2)CC1)NCCN1CCCCC1.I. The lowest BCUT2D eigenvalue weighted by molar-refractivity contribution is 0.00534. The molecule has 0 bridgehead atoms. The van der Waals surface area contributed by atoms with Crippen LogP contribution < -0.4 is 10.6 Å². The van der Waals surface area contributed by atoms with Crippen molar-refractivity contribution in [2.45, 2.75) is 51.2 Å². The van der Waals surface area contributed by atoms with Crippen molar-refractivity contribution in [2.75, 3.05) is 59.5 Å². The molecule has 2 aliphatic heterocycles. The Labute approximate surface area is 206 Å². The molecule has 2 aliphatic rings. The Hall–Kier alpha value is -0.900. The summed E-state index contributed by atoms with van der Waals surface area (Å²) < 4.78 is 6.12. The Morgan fingerprint density at radius 3 is 2.39 bits per heavy atom. The van der Waals surface area contributed by atoms with Crippen LogP contribution in [-0.4, -0.2) is 81.3 Å². The normalized spacial score (nSPS) is 19.1. The highest BCUT2D eigenvalue weighted by molar-refractivity contribution is 14.0. The molecule has 0 atom stereocenters. The fourth-order valence-electron chi connectivity index (χ4n) is 4.34. The van der Waals surface area contributed by atoms with Crippen LogP contribution in [0.4, 0.5) is 0 Å². The zero-order valence-electron chi connectivity index (χ0n) is 19.2. The second-order valence-corrected chi connectivity index (χ2v) is 8.51. The standard InChI is InChI=1S/C24H41N5O.HI/c1-25-24(27-14-19-28-15-6-3-7-16-28)26-13-8-20-30-23-11-17-29(18-12-23)21-22-9-4-2-5-10-22;/h2,4-5,9-10,23H,3,6-8,11-21H2,1H3,(H2,25,26,27);1H. The summed E-state index contributed by atoms with van der Waals surface area (Å²) in [6.07, 6.45) is 7.79. The third-order valence-corrected chi connectivity index (χ3v) is 6.14. The Balaban J connectivity index is 0.00000341. The number of nitrogens with zero attached hydrogens (tertiary/aromatic N) is 3. The van der Waals surface area contributed by atoms with Gasteiger partial charge >= 0.3 is 0 Å². The van der Waals surface area contributed by atoms with Crippen molar-refractivity contribution in [3.8, 4) is 0 Å². The minimum absolute atomic E-state index is 0. The molecule has 0 aromatic heterocycles. The van der Waals surface area contributed by atoms with Gasteiger partial charge in [-0.2, -0.15) is 0 Å². The van der Waals surface area contributed by atoms with Crippen molar-refractivity contribution in [3.63, 3.8) is 0 Å². The van der Waals surface area contributed by atoms with Crippen LogP contribution in [0.15, 0.2) is 35.3 Å². The maximum atomic E-state index is 6.12. The van der Waals surface area contributed by atoms with Crippen molar-refractivity contribution >= 4 is 29.9 Å². The van der Waals surface area contributed by atoms with Gasteiger partial charge in [-0.25, -0.2) is 0 Å². The number of benzene rings is 1. The maximum Gasteiger partial charge on any atom is 0.191 e. The molecule has 3 rings (SSSR count). The number of piperidine rings is 2. The number of ether oxygens (including phenoxy) is 1. The summed E-state index contributed by atoms with van der Waals surface area (Å²) in [4.78, 5) is 9.41. The minimum atomic E-state index is 0. The number of likely N-dealkylation sites (tertiary alicyclic amines) is 2. The van der Waals surface area contributed by atoms with Gasteiger partial charge in [-0.3, -0.25) is 9.89 Å².